The van der Waals surface area contributed by atoms with Gasteiger partial charge in [0.2, 0.25) is 11.8 Å². The second-order valence-corrected chi connectivity index (χ2v) is 6.10. The summed E-state index contributed by atoms with van der Waals surface area (Å²) < 4.78 is 1.91. The lowest BCUT2D eigenvalue weighted by Crippen LogP contribution is -2.16. The van der Waals surface area contributed by atoms with E-state index in [1.807, 2.05) is 41.8 Å². The maximum atomic E-state index is 12.6. The minimum Gasteiger partial charge on any atom is -0.325 e. The molecule has 0 spiro atoms. The topological polar surface area (TPSA) is 88.9 Å². The van der Waals surface area contributed by atoms with E-state index in [-0.39, 0.29) is 18.2 Å². The number of hydrogen-bond acceptors (Lipinski definition) is 4. The molecule has 28 heavy (non-hydrogen) atoms. The zero-order chi connectivity index (χ0) is 19.9. The Labute approximate surface area is 163 Å². The summed E-state index contributed by atoms with van der Waals surface area (Å²) in [4.78, 5) is 24.0. The highest BCUT2D eigenvalue weighted by molar-refractivity contribution is 5.99. The van der Waals surface area contributed by atoms with Crippen molar-refractivity contribution in [3.63, 3.8) is 0 Å². The molecule has 2 aromatic carbocycles. The van der Waals surface area contributed by atoms with E-state index < -0.39 is 0 Å². The van der Waals surface area contributed by atoms with Crippen LogP contribution in [0.25, 0.3) is 11.4 Å². The van der Waals surface area contributed by atoms with Crippen molar-refractivity contribution in [1.29, 1.82) is 0 Å². The van der Waals surface area contributed by atoms with E-state index in [4.69, 9.17) is 0 Å². The van der Waals surface area contributed by atoms with Crippen LogP contribution in [0.15, 0.2) is 67.5 Å². The van der Waals surface area contributed by atoms with Crippen LogP contribution in [0.2, 0.25) is 0 Å². The average molecular weight is 375 g/mol. The highest BCUT2D eigenvalue weighted by atomic mass is 16.2. The number of hydrogen-bond donors (Lipinski definition) is 2. The molecular formula is C21H21N5O2. The van der Waals surface area contributed by atoms with E-state index in [0.29, 0.717) is 17.2 Å². The van der Waals surface area contributed by atoms with Gasteiger partial charge in [-0.2, -0.15) is 0 Å². The van der Waals surface area contributed by atoms with Crippen molar-refractivity contribution in [3.8, 4) is 11.4 Å². The molecule has 3 rings (SSSR count). The van der Waals surface area contributed by atoms with Crippen LogP contribution in [-0.2, 0) is 22.6 Å². The molecule has 7 heteroatoms. The van der Waals surface area contributed by atoms with E-state index in [0.717, 1.165) is 17.7 Å². The van der Waals surface area contributed by atoms with Gasteiger partial charge in [0.25, 0.3) is 0 Å². The highest BCUT2D eigenvalue weighted by Crippen LogP contribution is 2.26. The van der Waals surface area contributed by atoms with Gasteiger partial charge in [0.1, 0.15) is 6.33 Å². The first-order valence-electron chi connectivity index (χ1n) is 8.90. The zero-order valence-electron chi connectivity index (χ0n) is 15.6. The number of para-hydroxylation sites is 1. The van der Waals surface area contributed by atoms with Crippen molar-refractivity contribution in [3.05, 3.63) is 73.1 Å². The van der Waals surface area contributed by atoms with Gasteiger partial charge in [0.15, 0.2) is 5.82 Å². The molecule has 0 radical (unpaired) electrons. The summed E-state index contributed by atoms with van der Waals surface area (Å²) in [6, 6.07) is 14.6. The number of aryl methyl sites for hydroxylation is 1. The highest BCUT2D eigenvalue weighted by Gasteiger charge is 2.13. The lowest BCUT2D eigenvalue weighted by atomic mass is 10.1. The molecular weight excluding hydrogens is 354 g/mol. The van der Waals surface area contributed by atoms with Gasteiger partial charge in [-0.3, -0.25) is 9.59 Å². The van der Waals surface area contributed by atoms with Crippen LogP contribution in [0.3, 0.4) is 0 Å². The minimum atomic E-state index is -0.296. The fourth-order valence-corrected chi connectivity index (χ4v) is 2.81. The average Bonchev–Trinajstić information content (AvgIpc) is 3.17. The lowest BCUT2D eigenvalue weighted by molar-refractivity contribution is -0.115. The van der Waals surface area contributed by atoms with Crippen molar-refractivity contribution in [2.75, 3.05) is 10.6 Å². The van der Waals surface area contributed by atoms with E-state index in [1.165, 1.54) is 6.08 Å². The van der Waals surface area contributed by atoms with Crippen molar-refractivity contribution >= 4 is 23.2 Å². The molecule has 0 atom stereocenters. The molecule has 1 heterocycles. The number of nitrogens with one attached hydrogen (secondary N) is 2. The molecule has 2 amide bonds. The summed E-state index contributed by atoms with van der Waals surface area (Å²) in [5, 5.41) is 13.8. The first kappa shape index (κ1) is 19.0. The Morgan fingerprint density at radius 3 is 2.75 bits per heavy atom. The fourth-order valence-electron chi connectivity index (χ4n) is 2.81. The van der Waals surface area contributed by atoms with Crippen LogP contribution >= 0.6 is 0 Å². The number of aromatic nitrogens is 3. The first-order chi connectivity index (χ1) is 13.6. The molecule has 0 saturated carbocycles. The lowest BCUT2D eigenvalue weighted by Gasteiger charge is -2.12. The molecule has 0 aliphatic carbocycles. The van der Waals surface area contributed by atoms with Crippen LogP contribution in [0.1, 0.15) is 12.5 Å². The van der Waals surface area contributed by atoms with Gasteiger partial charge in [0, 0.05) is 17.8 Å². The number of amides is 2. The molecule has 0 fully saturated rings. The van der Waals surface area contributed by atoms with Gasteiger partial charge in [-0.05, 0) is 42.8 Å². The molecule has 7 nitrogen and oxygen atoms in total. The Kier molecular flexibility index (Phi) is 5.96. The molecule has 0 aliphatic heterocycles. The van der Waals surface area contributed by atoms with Crippen LogP contribution in [0.4, 0.5) is 11.4 Å². The Morgan fingerprint density at radius 2 is 1.96 bits per heavy atom. The second-order valence-electron chi connectivity index (χ2n) is 6.10. The smallest absolute Gasteiger partial charge is 0.247 e. The molecule has 142 valence electrons. The third-order valence-corrected chi connectivity index (χ3v) is 4.14. The van der Waals surface area contributed by atoms with E-state index in [9.17, 15) is 9.59 Å². The van der Waals surface area contributed by atoms with Gasteiger partial charge in [0.05, 0.1) is 12.1 Å². The summed E-state index contributed by atoms with van der Waals surface area (Å²) in [5.41, 5.74) is 2.88. The van der Waals surface area contributed by atoms with Crippen molar-refractivity contribution in [1.82, 2.24) is 14.8 Å². The van der Waals surface area contributed by atoms with Gasteiger partial charge in [-0.1, -0.05) is 30.8 Å². The van der Waals surface area contributed by atoms with Gasteiger partial charge in [-0.15, -0.1) is 10.2 Å². The Balaban J connectivity index is 1.75. The normalized spacial score (nSPS) is 10.3. The Hall–Kier alpha value is -3.74. The molecule has 1 aromatic heterocycles. The number of rotatable bonds is 7. The summed E-state index contributed by atoms with van der Waals surface area (Å²) in [6.07, 6.45) is 3.04. The number of carbonyl (C=O) groups excluding carboxylic acids is 2. The zero-order valence-corrected chi connectivity index (χ0v) is 15.6. The van der Waals surface area contributed by atoms with E-state index in [2.05, 4.69) is 27.4 Å². The van der Waals surface area contributed by atoms with Gasteiger partial charge < -0.3 is 15.2 Å². The predicted octanol–water partition coefficient (Wildman–Crippen LogP) is 3.27. The Bertz CT molecular complexity index is 1010. The quantitative estimate of drug-likeness (QED) is 0.620. The number of carbonyl (C=O) groups is 2. The van der Waals surface area contributed by atoms with Crippen LogP contribution in [0, 0.1) is 0 Å². The third-order valence-electron chi connectivity index (χ3n) is 4.14. The van der Waals surface area contributed by atoms with Crippen LogP contribution in [-0.4, -0.2) is 26.6 Å². The summed E-state index contributed by atoms with van der Waals surface area (Å²) in [6.45, 7) is 6.16. The molecule has 3 aromatic rings. The van der Waals surface area contributed by atoms with Crippen molar-refractivity contribution in [2.45, 2.75) is 19.9 Å². The summed E-state index contributed by atoms with van der Waals surface area (Å²) in [5.74, 6) is 0.241. The summed E-state index contributed by atoms with van der Waals surface area (Å²) >= 11 is 0. The number of benzene rings is 2. The van der Waals surface area contributed by atoms with Gasteiger partial charge >= 0.3 is 0 Å². The SMILES string of the molecule is C=CC(=O)Nc1cccc(CC(=O)Nc2ccccc2-c2nncn2CC)c1. The first-order valence-corrected chi connectivity index (χ1v) is 8.90. The van der Waals surface area contributed by atoms with E-state index in [1.54, 1.807) is 24.5 Å². The molecule has 0 aliphatic rings. The number of anilines is 2. The largest absolute Gasteiger partial charge is 0.325 e. The monoisotopic (exact) mass is 375 g/mol. The van der Waals surface area contributed by atoms with Gasteiger partial charge in [-0.25, -0.2) is 0 Å². The van der Waals surface area contributed by atoms with Crippen LogP contribution < -0.4 is 10.6 Å². The predicted molar refractivity (Wildman–Crippen MR) is 109 cm³/mol. The summed E-state index contributed by atoms with van der Waals surface area (Å²) in [7, 11) is 0. The number of nitrogens with zero attached hydrogens (tertiary/aromatic N) is 3. The van der Waals surface area contributed by atoms with Crippen LogP contribution in [0.5, 0.6) is 0 Å². The standard InChI is InChI=1S/C21H21N5O2/c1-3-19(27)23-16-9-7-8-15(12-16)13-20(28)24-18-11-6-5-10-17(18)21-25-22-14-26(21)4-2/h3,5-12,14H,1,4,13H2,2H3,(H,23,27)(H,24,28). The molecule has 0 bridgehead atoms. The van der Waals surface area contributed by atoms with Crippen molar-refractivity contribution in [2.24, 2.45) is 0 Å². The van der Waals surface area contributed by atoms with Crippen molar-refractivity contribution < 1.29 is 9.59 Å². The maximum Gasteiger partial charge on any atom is 0.247 e. The molecule has 0 unspecified atom stereocenters. The minimum absolute atomic E-state index is 0.165. The fraction of sp³-hybridized carbons (Fsp3) is 0.143. The van der Waals surface area contributed by atoms with E-state index >= 15 is 0 Å². The molecule has 0 saturated heterocycles. The third kappa shape index (κ3) is 4.50. The molecule has 2 N–H and O–H groups in total. The maximum absolute atomic E-state index is 12.6. The second kappa shape index (κ2) is 8.77. The Morgan fingerprint density at radius 1 is 1.14 bits per heavy atom.